The Kier molecular flexibility index (Phi) is 27.7. The summed E-state index contributed by atoms with van der Waals surface area (Å²) < 4.78 is 36.5. The van der Waals surface area contributed by atoms with E-state index in [1.165, 1.54) is 0 Å². The van der Waals surface area contributed by atoms with Gasteiger partial charge in [-0.05, 0) is 144 Å². The average Bonchev–Trinajstić information content (AvgIpc) is 4.03. The van der Waals surface area contributed by atoms with Crippen molar-refractivity contribution in [3.8, 4) is 0 Å². The Morgan fingerprint density at radius 2 is 0.787 bits per heavy atom. The number of carbonyl (C=O) groups is 9. The van der Waals surface area contributed by atoms with Crippen molar-refractivity contribution in [3.05, 3.63) is 71.8 Å². The predicted octanol–water partition coefficient (Wildman–Crippen LogP) is 8.61. The molecule has 75 heavy (non-hydrogen) atoms. The highest BCUT2D eigenvalue weighted by Gasteiger charge is 2.31. The number of amides is 3. The van der Waals surface area contributed by atoms with Crippen LogP contribution in [-0.2, 0) is 75.1 Å². The monoisotopic (exact) mass is 1060 g/mol. The van der Waals surface area contributed by atoms with Crippen molar-refractivity contribution in [2.75, 3.05) is 0 Å². The van der Waals surface area contributed by atoms with Crippen molar-refractivity contribution < 1.29 is 86.5 Å². The van der Waals surface area contributed by atoms with E-state index in [-0.39, 0.29) is 63.9 Å². The third kappa shape index (κ3) is 31.4. The van der Waals surface area contributed by atoms with Crippen LogP contribution in [0.3, 0.4) is 0 Å². The van der Waals surface area contributed by atoms with Gasteiger partial charge in [0.25, 0.3) is 0 Å². The lowest BCUT2D eigenvalue weighted by Gasteiger charge is -2.23. The van der Waals surface area contributed by atoms with Gasteiger partial charge < -0.3 is 59.3 Å². The Hall–Kier alpha value is -6.93. The van der Waals surface area contributed by atoms with Crippen molar-refractivity contribution >= 4 is 54.1 Å². The first-order chi connectivity index (χ1) is 35.1. The van der Waals surface area contributed by atoms with Crippen LogP contribution in [0.4, 0.5) is 14.4 Å². The summed E-state index contributed by atoms with van der Waals surface area (Å²) in [6.07, 6.45) is 4.34. The standard InChI is InChI=1S/C22H31NO6.C17H23NO6.C15H25NO6/c1-22(2,3)29-21(26)23-18(20(25)28-17-11-7-8-12-17)13-14-19(24)27-15-16-9-5-4-6-10-16;1-17(2,3)24-16(22)18-13(15(20)21)9-10-14(19)23-11-12-7-5-4-6-8-12;1-15(2,3)22-14(20)16-11(8-9-12(17)18)13(19)21-10-6-4-5-7-10/h4-6,9-10,17-18H,7-8,11-15H2,1-3H3,(H,23,26);4-8,13H,9-11H2,1-3H3,(H,18,22)(H,20,21);10-11H,4-9H2,1-3H3,(H,16,20)(H,17,18)/t18-;13-;11-/m000/s1. The van der Waals surface area contributed by atoms with Crippen molar-refractivity contribution in [2.45, 2.75) is 213 Å². The van der Waals surface area contributed by atoms with E-state index in [1.54, 1.807) is 62.3 Å². The summed E-state index contributed by atoms with van der Waals surface area (Å²) in [5.74, 6) is -4.39. The third-order valence-corrected chi connectivity index (χ3v) is 10.5. The molecule has 2 fully saturated rings. The van der Waals surface area contributed by atoms with Crippen molar-refractivity contribution in [1.29, 1.82) is 0 Å². The molecule has 2 aromatic carbocycles. The van der Waals surface area contributed by atoms with Gasteiger partial charge >= 0.3 is 54.1 Å². The van der Waals surface area contributed by atoms with Gasteiger partial charge in [-0.25, -0.2) is 28.8 Å². The van der Waals surface area contributed by atoms with Crippen LogP contribution < -0.4 is 16.0 Å². The molecule has 0 bridgehead atoms. The number of benzene rings is 2. The Morgan fingerprint density at radius 3 is 1.09 bits per heavy atom. The quantitative estimate of drug-likeness (QED) is 0.0577. The Bertz CT molecular complexity index is 2120. The van der Waals surface area contributed by atoms with Gasteiger partial charge in [-0.15, -0.1) is 0 Å². The van der Waals surface area contributed by atoms with Crippen molar-refractivity contribution in [3.63, 3.8) is 0 Å². The zero-order valence-electron chi connectivity index (χ0n) is 44.9. The molecule has 4 rings (SSSR count). The number of aliphatic carboxylic acids is 2. The van der Waals surface area contributed by atoms with Crippen LogP contribution >= 0.6 is 0 Å². The number of rotatable bonds is 21. The Morgan fingerprint density at radius 1 is 0.480 bits per heavy atom. The number of ether oxygens (including phenoxy) is 7. The maximum Gasteiger partial charge on any atom is 0.408 e. The van der Waals surface area contributed by atoms with E-state index >= 15 is 0 Å². The molecule has 3 amide bonds. The van der Waals surface area contributed by atoms with Gasteiger partial charge in [-0.2, -0.15) is 0 Å². The largest absolute Gasteiger partial charge is 0.481 e. The number of hydrogen-bond acceptors (Lipinski definition) is 16. The van der Waals surface area contributed by atoms with Gasteiger partial charge in [-0.3, -0.25) is 14.4 Å². The lowest BCUT2D eigenvalue weighted by molar-refractivity contribution is -0.153. The molecule has 2 aromatic rings. The second-order valence-electron chi connectivity index (χ2n) is 20.9. The molecule has 0 radical (unpaired) electrons. The fourth-order valence-electron chi connectivity index (χ4n) is 7.02. The molecule has 2 aliphatic carbocycles. The van der Waals surface area contributed by atoms with E-state index in [4.69, 9.17) is 43.4 Å². The molecule has 0 aliphatic heterocycles. The van der Waals surface area contributed by atoms with E-state index < -0.39 is 89.0 Å². The molecule has 0 unspecified atom stereocenters. The zero-order chi connectivity index (χ0) is 56.2. The van der Waals surface area contributed by atoms with E-state index in [2.05, 4.69) is 16.0 Å². The molecule has 21 heteroatoms. The van der Waals surface area contributed by atoms with Gasteiger partial charge in [0, 0.05) is 19.3 Å². The van der Waals surface area contributed by atoms with Crippen LogP contribution in [0.1, 0.15) is 163 Å². The van der Waals surface area contributed by atoms with E-state index in [1.807, 2.05) is 60.7 Å². The van der Waals surface area contributed by atoms with E-state index in [9.17, 15) is 43.2 Å². The second kappa shape index (κ2) is 32.4. The zero-order valence-corrected chi connectivity index (χ0v) is 44.9. The summed E-state index contributed by atoms with van der Waals surface area (Å²) in [7, 11) is 0. The van der Waals surface area contributed by atoms with Crippen LogP contribution in [0.5, 0.6) is 0 Å². The normalized spacial score (nSPS) is 14.8. The van der Waals surface area contributed by atoms with Crippen LogP contribution in [0, 0.1) is 0 Å². The summed E-state index contributed by atoms with van der Waals surface area (Å²) >= 11 is 0. The highest BCUT2D eigenvalue weighted by Crippen LogP contribution is 2.23. The number of carboxylic acid groups (broad SMARTS) is 2. The van der Waals surface area contributed by atoms with Crippen molar-refractivity contribution in [2.24, 2.45) is 0 Å². The summed E-state index contributed by atoms with van der Waals surface area (Å²) in [6.45, 7) is 15.6. The molecule has 2 saturated carbocycles. The summed E-state index contributed by atoms with van der Waals surface area (Å²) in [6, 6.07) is 15.3. The molecule has 0 aromatic heterocycles. The minimum absolute atomic E-state index is 0.0208. The average molecular weight is 1060 g/mol. The van der Waals surface area contributed by atoms with Crippen LogP contribution in [-0.4, -0.2) is 111 Å². The first-order valence-electron chi connectivity index (χ1n) is 25.3. The molecule has 418 valence electrons. The SMILES string of the molecule is CC(C)(C)OC(=O)N[C@@H](CCC(=O)O)C(=O)OC1CCCC1.CC(C)(C)OC(=O)N[C@@H](CCC(=O)OCc1ccccc1)C(=O)O.CC(C)(C)OC(=O)N[C@@H](CCC(=O)OCc1ccccc1)C(=O)OC1CCCC1. The second-order valence-corrected chi connectivity index (χ2v) is 20.9. The maximum absolute atomic E-state index is 12.5. The van der Waals surface area contributed by atoms with Gasteiger partial charge in [0.05, 0.1) is 0 Å². The van der Waals surface area contributed by atoms with Crippen LogP contribution in [0.2, 0.25) is 0 Å². The maximum atomic E-state index is 12.5. The van der Waals surface area contributed by atoms with Gasteiger partial charge in [0.15, 0.2) is 0 Å². The number of alkyl carbamates (subject to hydrolysis) is 3. The first kappa shape index (κ1) is 64.2. The molecule has 0 saturated heterocycles. The van der Waals surface area contributed by atoms with Crippen LogP contribution in [0.25, 0.3) is 0 Å². The van der Waals surface area contributed by atoms with Crippen LogP contribution in [0.15, 0.2) is 60.7 Å². The Labute approximate surface area is 439 Å². The molecular weight excluding hydrogens is 979 g/mol. The van der Waals surface area contributed by atoms with E-state index in [0.717, 1.165) is 62.5 Å². The fraction of sp³-hybridized carbons (Fsp3) is 0.611. The van der Waals surface area contributed by atoms with Crippen molar-refractivity contribution in [1.82, 2.24) is 16.0 Å². The topological polar surface area (TPSA) is 295 Å². The number of esters is 4. The molecule has 0 spiro atoms. The number of nitrogens with one attached hydrogen (secondary N) is 3. The van der Waals surface area contributed by atoms with Gasteiger partial charge in [0.2, 0.25) is 0 Å². The molecule has 3 atom stereocenters. The molecule has 21 nitrogen and oxygen atoms in total. The minimum atomic E-state index is -1.24. The minimum Gasteiger partial charge on any atom is -0.481 e. The molecule has 0 heterocycles. The summed E-state index contributed by atoms with van der Waals surface area (Å²) in [4.78, 5) is 106. The smallest absolute Gasteiger partial charge is 0.408 e. The lowest BCUT2D eigenvalue weighted by atomic mass is 10.1. The number of hydrogen-bond donors (Lipinski definition) is 5. The van der Waals surface area contributed by atoms with E-state index in [0.29, 0.717) is 0 Å². The first-order valence-corrected chi connectivity index (χ1v) is 25.3. The molecular formula is C54H79N3O18. The van der Waals surface area contributed by atoms with Gasteiger partial charge in [-0.1, -0.05) is 60.7 Å². The molecule has 2 aliphatic rings. The third-order valence-electron chi connectivity index (χ3n) is 10.5. The highest BCUT2D eigenvalue weighted by atomic mass is 16.6. The van der Waals surface area contributed by atoms with Gasteiger partial charge in [0.1, 0.15) is 60.4 Å². The predicted molar refractivity (Wildman–Crippen MR) is 272 cm³/mol. The number of carbonyl (C=O) groups excluding carboxylic acids is 7. The summed E-state index contributed by atoms with van der Waals surface area (Å²) in [5.41, 5.74) is -0.408. The number of carboxylic acids is 2. The fourth-order valence-corrected chi connectivity index (χ4v) is 7.02. The highest BCUT2D eigenvalue weighted by molar-refractivity contribution is 5.83. The lowest BCUT2D eigenvalue weighted by Crippen LogP contribution is -2.45. The Balaban J connectivity index is 0.000000390. The summed E-state index contributed by atoms with van der Waals surface area (Å²) in [5, 5.41) is 25.0. The molecule has 5 N–H and O–H groups in total.